The molecular weight excluding hydrogens is 353 g/mol. The molecule has 0 aliphatic carbocycles. The monoisotopic (exact) mass is 370 g/mol. The third-order valence-corrected chi connectivity index (χ3v) is 5.21. The normalized spacial score (nSPS) is 20.8. The first-order valence-electron chi connectivity index (χ1n) is 7.75. The molecule has 2 aromatic rings. The zero-order valence-corrected chi connectivity index (χ0v) is 14.7. The molecule has 1 heterocycles. The Morgan fingerprint density at radius 3 is 2.42 bits per heavy atom. The fourth-order valence-electron chi connectivity index (χ4n) is 3.32. The van der Waals surface area contributed by atoms with Gasteiger partial charge in [0.2, 0.25) is 0 Å². The van der Waals surface area contributed by atoms with Gasteiger partial charge in [-0.3, -0.25) is 4.90 Å². The van der Waals surface area contributed by atoms with Crippen molar-refractivity contribution in [2.24, 2.45) is 0 Å². The second-order valence-electron chi connectivity index (χ2n) is 6.20. The Hall–Kier alpha value is -1.20. The van der Waals surface area contributed by atoms with Crippen molar-refractivity contribution in [2.45, 2.75) is 18.5 Å². The number of halogens is 4. The van der Waals surface area contributed by atoms with E-state index in [0.717, 1.165) is 24.7 Å². The highest BCUT2D eigenvalue weighted by Crippen LogP contribution is 2.31. The van der Waals surface area contributed by atoms with Crippen molar-refractivity contribution in [2.75, 3.05) is 20.1 Å². The largest absolute Gasteiger partial charge is 0.314 e. The summed E-state index contributed by atoms with van der Waals surface area (Å²) in [5, 5.41) is 4.45. The lowest BCUT2D eigenvalue weighted by molar-refractivity contribution is 0.231. The molecule has 0 radical (unpaired) electrons. The molecule has 2 atom stereocenters. The highest BCUT2D eigenvalue weighted by atomic mass is 35.5. The molecule has 1 aliphatic rings. The Bertz CT molecular complexity index is 719. The molecule has 0 saturated carbocycles. The van der Waals surface area contributed by atoms with Crippen LogP contribution < -0.4 is 5.32 Å². The zero-order chi connectivity index (χ0) is 17.3. The van der Waals surface area contributed by atoms with Gasteiger partial charge < -0.3 is 5.32 Å². The first-order valence-corrected chi connectivity index (χ1v) is 8.50. The van der Waals surface area contributed by atoms with Crippen molar-refractivity contribution >= 4 is 23.2 Å². The van der Waals surface area contributed by atoms with Gasteiger partial charge in [-0.15, -0.1) is 0 Å². The fourth-order valence-corrected chi connectivity index (χ4v) is 3.63. The average molecular weight is 371 g/mol. The van der Waals surface area contributed by atoms with E-state index in [2.05, 4.69) is 10.2 Å². The van der Waals surface area contributed by atoms with E-state index in [-0.39, 0.29) is 12.0 Å². The molecule has 1 fully saturated rings. The van der Waals surface area contributed by atoms with E-state index in [1.165, 1.54) is 12.1 Å². The lowest BCUT2D eigenvalue weighted by atomic mass is 9.93. The van der Waals surface area contributed by atoms with E-state index < -0.39 is 11.6 Å². The summed E-state index contributed by atoms with van der Waals surface area (Å²) >= 11 is 12.1. The van der Waals surface area contributed by atoms with Crippen LogP contribution in [0.4, 0.5) is 8.78 Å². The summed E-state index contributed by atoms with van der Waals surface area (Å²) in [4.78, 5) is 2.11. The molecule has 1 saturated heterocycles. The third-order valence-electron chi connectivity index (χ3n) is 4.47. The van der Waals surface area contributed by atoms with Gasteiger partial charge in [-0.1, -0.05) is 29.3 Å². The molecule has 1 N–H and O–H groups in total. The smallest absolute Gasteiger partial charge is 0.126 e. The lowest BCUT2D eigenvalue weighted by Gasteiger charge is -2.29. The van der Waals surface area contributed by atoms with Crippen LogP contribution in [0.2, 0.25) is 10.0 Å². The minimum absolute atomic E-state index is 0.202. The Morgan fingerprint density at radius 2 is 1.75 bits per heavy atom. The van der Waals surface area contributed by atoms with Crippen molar-refractivity contribution < 1.29 is 8.78 Å². The zero-order valence-electron chi connectivity index (χ0n) is 13.2. The molecule has 128 valence electrons. The lowest BCUT2D eigenvalue weighted by Crippen LogP contribution is -2.36. The standard InChI is InChI=1S/C18H18Cl2F2N2/c1-24(10-11-4-13(21)7-14(22)5-11)18-9-23-8-15(18)12-2-3-16(19)17(20)6-12/h2-7,15,18,23H,8-10H2,1H3. The van der Waals surface area contributed by atoms with Crippen molar-refractivity contribution in [3.8, 4) is 0 Å². The van der Waals surface area contributed by atoms with E-state index in [1.807, 2.05) is 19.2 Å². The quantitative estimate of drug-likeness (QED) is 0.854. The molecule has 0 amide bonds. The number of benzene rings is 2. The molecule has 0 spiro atoms. The van der Waals surface area contributed by atoms with Crippen LogP contribution in [0.5, 0.6) is 0 Å². The average Bonchev–Trinajstić information content (AvgIpc) is 2.98. The van der Waals surface area contributed by atoms with Gasteiger partial charge in [-0.05, 0) is 42.4 Å². The van der Waals surface area contributed by atoms with Crippen LogP contribution >= 0.6 is 23.2 Å². The second kappa shape index (κ2) is 7.36. The minimum atomic E-state index is -0.552. The van der Waals surface area contributed by atoms with Gasteiger partial charge in [0.1, 0.15) is 11.6 Å². The molecule has 0 aromatic heterocycles. The fraction of sp³-hybridized carbons (Fsp3) is 0.333. The van der Waals surface area contributed by atoms with Gasteiger partial charge in [-0.2, -0.15) is 0 Å². The molecule has 2 nitrogen and oxygen atoms in total. The Morgan fingerprint density at radius 1 is 1.04 bits per heavy atom. The van der Waals surface area contributed by atoms with Gasteiger partial charge in [0.05, 0.1) is 10.0 Å². The summed E-state index contributed by atoms with van der Waals surface area (Å²) in [7, 11) is 1.96. The maximum Gasteiger partial charge on any atom is 0.126 e. The third kappa shape index (κ3) is 3.89. The number of rotatable bonds is 4. The first kappa shape index (κ1) is 17.6. The van der Waals surface area contributed by atoms with Gasteiger partial charge in [-0.25, -0.2) is 8.78 Å². The summed E-state index contributed by atoms with van der Waals surface area (Å²) in [6, 6.07) is 9.51. The first-order chi connectivity index (χ1) is 11.4. The van der Waals surface area contributed by atoms with Crippen molar-refractivity contribution in [3.05, 3.63) is 69.2 Å². The van der Waals surface area contributed by atoms with Crippen molar-refractivity contribution in [1.82, 2.24) is 10.2 Å². The topological polar surface area (TPSA) is 15.3 Å². The summed E-state index contributed by atoms with van der Waals surface area (Å²) in [5.74, 6) is -0.865. The minimum Gasteiger partial charge on any atom is -0.314 e. The maximum absolute atomic E-state index is 13.4. The molecule has 24 heavy (non-hydrogen) atoms. The second-order valence-corrected chi connectivity index (χ2v) is 7.01. The summed E-state index contributed by atoms with van der Waals surface area (Å²) in [5.41, 5.74) is 1.73. The van der Waals surface area contributed by atoms with Crippen LogP contribution in [0.25, 0.3) is 0 Å². The van der Waals surface area contributed by atoms with Crippen LogP contribution in [0, 0.1) is 11.6 Å². The predicted molar refractivity (Wildman–Crippen MR) is 93.7 cm³/mol. The molecule has 2 unspecified atom stereocenters. The Kier molecular flexibility index (Phi) is 5.40. The number of nitrogens with zero attached hydrogens (tertiary/aromatic N) is 1. The van der Waals surface area contributed by atoms with Gasteiger partial charge in [0, 0.05) is 37.7 Å². The molecule has 6 heteroatoms. The molecular formula is C18H18Cl2F2N2. The molecule has 0 bridgehead atoms. The summed E-state index contributed by atoms with van der Waals surface area (Å²) < 4.78 is 26.8. The van der Waals surface area contributed by atoms with Gasteiger partial charge >= 0.3 is 0 Å². The van der Waals surface area contributed by atoms with Crippen molar-refractivity contribution in [1.29, 1.82) is 0 Å². The van der Waals surface area contributed by atoms with Crippen LogP contribution in [-0.4, -0.2) is 31.1 Å². The van der Waals surface area contributed by atoms with Gasteiger partial charge in [0.25, 0.3) is 0 Å². The van der Waals surface area contributed by atoms with Crippen molar-refractivity contribution in [3.63, 3.8) is 0 Å². The highest BCUT2D eigenvalue weighted by Gasteiger charge is 2.31. The highest BCUT2D eigenvalue weighted by molar-refractivity contribution is 6.42. The maximum atomic E-state index is 13.4. The van der Waals surface area contributed by atoms with E-state index in [9.17, 15) is 8.78 Å². The summed E-state index contributed by atoms with van der Waals surface area (Å²) in [6.07, 6.45) is 0. The predicted octanol–water partition coefficient (Wildman–Crippen LogP) is 4.46. The molecule has 2 aromatic carbocycles. The SMILES string of the molecule is CN(Cc1cc(F)cc(F)c1)C1CNCC1c1ccc(Cl)c(Cl)c1. The van der Waals surface area contributed by atoms with E-state index in [0.29, 0.717) is 22.2 Å². The molecule has 1 aliphatic heterocycles. The Balaban J connectivity index is 1.77. The van der Waals surface area contributed by atoms with E-state index in [4.69, 9.17) is 23.2 Å². The van der Waals surface area contributed by atoms with E-state index >= 15 is 0 Å². The van der Waals surface area contributed by atoms with Crippen LogP contribution in [0.15, 0.2) is 36.4 Å². The van der Waals surface area contributed by atoms with Crippen LogP contribution in [-0.2, 0) is 6.54 Å². The number of nitrogens with one attached hydrogen (secondary N) is 1. The van der Waals surface area contributed by atoms with E-state index in [1.54, 1.807) is 6.07 Å². The Labute approximate surface area is 150 Å². The van der Waals surface area contributed by atoms with Crippen LogP contribution in [0.3, 0.4) is 0 Å². The molecule has 3 rings (SSSR count). The number of hydrogen-bond acceptors (Lipinski definition) is 2. The number of likely N-dealkylation sites (N-methyl/N-ethyl adjacent to an activating group) is 1. The van der Waals surface area contributed by atoms with Crippen LogP contribution in [0.1, 0.15) is 17.0 Å². The number of hydrogen-bond donors (Lipinski definition) is 1. The van der Waals surface area contributed by atoms with Gasteiger partial charge in [0.15, 0.2) is 0 Å². The summed E-state index contributed by atoms with van der Waals surface area (Å²) in [6.45, 7) is 2.10.